The van der Waals surface area contributed by atoms with Gasteiger partial charge < -0.3 is 4.90 Å². The molecule has 1 fully saturated rings. The minimum Gasteiger partial charge on any atom is -0.345 e. The number of rotatable bonds is 4. The molecule has 2 nitrogen and oxygen atoms in total. The monoisotopic (exact) mass is 302 g/mol. The van der Waals surface area contributed by atoms with E-state index in [0.717, 1.165) is 17.2 Å². The fraction of sp³-hybridized carbons (Fsp3) is 0.750. The summed E-state index contributed by atoms with van der Waals surface area (Å²) in [5.74, 6) is 0.697. The van der Waals surface area contributed by atoms with Crippen molar-refractivity contribution in [3.8, 4) is 0 Å². The zero-order valence-corrected chi connectivity index (χ0v) is 12.4. The van der Waals surface area contributed by atoms with Crippen molar-refractivity contribution in [2.24, 2.45) is 5.92 Å². The first-order valence-electron chi connectivity index (χ1n) is 6.04. The molecule has 1 aliphatic rings. The maximum atomic E-state index is 4.57. The van der Waals surface area contributed by atoms with Crippen molar-refractivity contribution in [3.05, 3.63) is 9.98 Å². The fourth-order valence-electron chi connectivity index (χ4n) is 2.37. The van der Waals surface area contributed by atoms with E-state index in [1.54, 1.807) is 11.3 Å². The predicted molar refractivity (Wildman–Crippen MR) is 74.3 cm³/mol. The van der Waals surface area contributed by atoms with Crippen LogP contribution < -0.4 is 4.90 Å². The number of halogens is 1. The Bertz CT molecular complexity index is 332. The molecule has 0 radical (unpaired) electrons. The normalized spacial score (nSPS) is 17.2. The second kappa shape index (κ2) is 5.50. The van der Waals surface area contributed by atoms with E-state index >= 15 is 0 Å². The maximum Gasteiger partial charge on any atom is 0.186 e. The zero-order chi connectivity index (χ0) is 11.5. The average molecular weight is 303 g/mol. The van der Waals surface area contributed by atoms with Crippen molar-refractivity contribution in [1.82, 2.24) is 4.98 Å². The molecule has 4 heteroatoms. The quantitative estimate of drug-likeness (QED) is 0.824. The third kappa shape index (κ3) is 2.98. The molecular weight excluding hydrogens is 284 g/mol. The summed E-state index contributed by atoms with van der Waals surface area (Å²) < 4.78 is 0.972. The molecular formula is C12H19BrN2S. The van der Waals surface area contributed by atoms with Crippen molar-refractivity contribution < 1.29 is 0 Å². The van der Waals surface area contributed by atoms with Crippen LogP contribution in [-0.4, -0.2) is 17.6 Å². The van der Waals surface area contributed by atoms with Gasteiger partial charge in [0.15, 0.2) is 5.13 Å². The molecule has 0 amide bonds. The van der Waals surface area contributed by atoms with Crippen molar-refractivity contribution in [2.75, 3.05) is 11.4 Å². The first-order chi connectivity index (χ1) is 7.66. The molecule has 0 saturated heterocycles. The van der Waals surface area contributed by atoms with Crippen LogP contribution in [-0.2, 0) is 0 Å². The van der Waals surface area contributed by atoms with Crippen molar-refractivity contribution in [1.29, 1.82) is 0 Å². The van der Waals surface area contributed by atoms with E-state index < -0.39 is 0 Å². The van der Waals surface area contributed by atoms with Crippen LogP contribution in [0, 0.1) is 5.92 Å². The lowest BCUT2D eigenvalue weighted by Crippen LogP contribution is -2.36. The number of anilines is 1. The molecule has 1 heterocycles. The third-order valence-electron chi connectivity index (χ3n) is 3.04. The van der Waals surface area contributed by atoms with Crippen molar-refractivity contribution in [2.45, 2.75) is 45.6 Å². The highest BCUT2D eigenvalue weighted by Crippen LogP contribution is 2.32. The highest BCUT2D eigenvalue weighted by molar-refractivity contribution is 9.10. The molecule has 0 spiro atoms. The Balaban J connectivity index is 2.13. The van der Waals surface area contributed by atoms with E-state index in [-0.39, 0.29) is 0 Å². The Morgan fingerprint density at radius 3 is 2.69 bits per heavy atom. The molecule has 0 atom stereocenters. The Morgan fingerprint density at radius 1 is 1.50 bits per heavy atom. The van der Waals surface area contributed by atoms with Crippen LogP contribution in [0.1, 0.15) is 39.5 Å². The Kier molecular flexibility index (Phi) is 4.25. The van der Waals surface area contributed by atoms with Gasteiger partial charge in [-0.2, -0.15) is 0 Å². The van der Waals surface area contributed by atoms with Gasteiger partial charge in [-0.3, -0.25) is 0 Å². The summed E-state index contributed by atoms with van der Waals surface area (Å²) >= 11 is 5.20. The molecule has 0 unspecified atom stereocenters. The molecule has 1 aromatic rings. The lowest BCUT2D eigenvalue weighted by molar-refractivity contribution is 0.535. The molecule has 0 N–H and O–H groups in total. The summed E-state index contributed by atoms with van der Waals surface area (Å²) in [4.78, 5) is 7.09. The van der Waals surface area contributed by atoms with Crippen LogP contribution in [0.4, 0.5) is 5.13 Å². The van der Waals surface area contributed by atoms with E-state index in [9.17, 15) is 0 Å². The van der Waals surface area contributed by atoms with E-state index in [1.165, 1.54) is 30.8 Å². The van der Waals surface area contributed by atoms with Crippen molar-refractivity contribution >= 4 is 32.4 Å². The summed E-state index contributed by atoms with van der Waals surface area (Å²) in [6.07, 6.45) is 5.44. The summed E-state index contributed by atoms with van der Waals surface area (Å²) in [5.41, 5.74) is 0. The number of nitrogens with zero attached hydrogens (tertiary/aromatic N) is 2. The van der Waals surface area contributed by atoms with Gasteiger partial charge >= 0.3 is 0 Å². The van der Waals surface area contributed by atoms with Gasteiger partial charge in [-0.1, -0.05) is 26.7 Å². The van der Waals surface area contributed by atoms with Crippen LogP contribution in [0.25, 0.3) is 0 Å². The highest BCUT2D eigenvalue weighted by Gasteiger charge is 2.25. The van der Waals surface area contributed by atoms with Gasteiger partial charge in [0.1, 0.15) is 4.60 Å². The Hall–Kier alpha value is -0.0900. The highest BCUT2D eigenvalue weighted by atomic mass is 79.9. The number of thiazole rings is 1. The second-order valence-electron chi connectivity index (χ2n) is 4.94. The van der Waals surface area contributed by atoms with Gasteiger partial charge in [-0.25, -0.2) is 4.98 Å². The van der Waals surface area contributed by atoms with E-state index in [0.29, 0.717) is 5.92 Å². The van der Waals surface area contributed by atoms with Gasteiger partial charge in [0, 0.05) is 18.0 Å². The smallest absolute Gasteiger partial charge is 0.186 e. The third-order valence-corrected chi connectivity index (χ3v) is 4.62. The van der Waals surface area contributed by atoms with E-state index in [1.807, 2.05) is 0 Å². The maximum absolute atomic E-state index is 4.57. The van der Waals surface area contributed by atoms with Gasteiger partial charge in [0.2, 0.25) is 0 Å². The summed E-state index contributed by atoms with van der Waals surface area (Å²) in [6.45, 7) is 5.69. The van der Waals surface area contributed by atoms with Crippen LogP contribution in [0.2, 0.25) is 0 Å². The topological polar surface area (TPSA) is 16.1 Å². The first kappa shape index (κ1) is 12.4. The number of hydrogen-bond acceptors (Lipinski definition) is 3. The molecule has 1 aromatic heterocycles. The molecule has 0 aliphatic heterocycles. The zero-order valence-electron chi connectivity index (χ0n) is 9.95. The summed E-state index contributed by atoms with van der Waals surface area (Å²) in [7, 11) is 0. The lowest BCUT2D eigenvalue weighted by Gasteiger charge is -2.30. The van der Waals surface area contributed by atoms with Crippen LogP contribution in [0.3, 0.4) is 0 Å². The molecule has 1 saturated carbocycles. The molecule has 2 rings (SSSR count). The lowest BCUT2D eigenvalue weighted by atomic mass is 10.1. The van der Waals surface area contributed by atoms with Crippen LogP contribution in [0.15, 0.2) is 9.98 Å². The summed E-state index contributed by atoms with van der Waals surface area (Å²) in [5, 5.41) is 3.27. The Morgan fingerprint density at radius 2 is 2.19 bits per heavy atom. The Labute approximate surface area is 110 Å². The minimum absolute atomic E-state index is 0.697. The van der Waals surface area contributed by atoms with Gasteiger partial charge in [0.25, 0.3) is 0 Å². The number of hydrogen-bond donors (Lipinski definition) is 0. The minimum atomic E-state index is 0.697. The van der Waals surface area contributed by atoms with E-state index in [4.69, 9.17) is 0 Å². The van der Waals surface area contributed by atoms with Gasteiger partial charge in [-0.05, 0) is 34.7 Å². The molecule has 1 aliphatic carbocycles. The molecule has 0 aromatic carbocycles. The average Bonchev–Trinajstić information content (AvgIpc) is 2.84. The molecule has 16 heavy (non-hydrogen) atoms. The molecule has 0 bridgehead atoms. The van der Waals surface area contributed by atoms with Crippen LogP contribution >= 0.6 is 27.3 Å². The van der Waals surface area contributed by atoms with Crippen molar-refractivity contribution in [3.63, 3.8) is 0 Å². The summed E-state index contributed by atoms with van der Waals surface area (Å²) in [6, 6.07) is 0.723. The fourth-order valence-corrected chi connectivity index (χ4v) is 3.70. The van der Waals surface area contributed by atoms with Gasteiger partial charge in [0.05, 0.1) is 0 Å². The van der Waals surface area contributed by atoms with Crippen LogP contribution in [0.5, 0.6) is 0 Å². The van der Waals surface area contributed by atoms with Gasteiger partial charge in [-0.15, -0.1) is 11.3 Å². The number of aromatic nitrogens is 1. The SMILES string of the molecule is CC(C)CN(c1nc(Br)cs1)C1CCCC1. The molecule has 90 valence electrons. The second-order valence-corrected chi connectivity index (χ2v) is 6.59. The first-order valence-corrected chi connectivity index (χ1v) is 7.71. The standard InChI is InChI=1S/C12H19BrN2S/c1-9(2)7-15(10-5-3-4-6-10)12-14-11(13)8-16-12/h8-10H,3-7H2,1-2H3. The largest absolute Gasteiger partial charge is 0.345 e. The van der Waals surface area contributed by atoms with E-state index in [2.05, 4.69) is 45.0 Å². The predicted octanol–water partition coefficient (Wildman–Crippen LogP) is 4.31.